The number of nitrogens with one attached hydrogen (secondary N) is 1. The van der Waals surface area contributed by atoms with Gasteiger partial charge in [-0.3, -0.25) is 9.59 Å². The molecule has 3 nitrogen and oxygen atoms in total. The summed E-state index contributed by atoms with van der Waals surface area (Å²) in [6, 6.07) is 6.37. The van der Waals surface area contributed by atoms with Gasteiger partial charge in [-0.1, -0.05) is 18.2 Å². The molecule has 3 rings (SSSR count). The molecule has 1 aliphatic carbocycles. The number of amides is 1. The van der Waals surface area contributed by atoms with Crippen molar-refractivity contribution in [2.75, 3.05) is 0 Å². The van der Waals surface area contributed by atoms with E-state index in [0.29, 0.717) is 29.7 Å². The minimum atomic E-state index is -0.433. The van der Waals surface area contributed by atoms with E-state index in [9.17, 15) is 14.0 Å². The summed E-state index contributed by atoms with van der Waals surface area (Å²) < 4.78 is 13.9. The summed E-state index contributed by atoms with van der Waals surface area (Å²) in [6.45, 7) is 0. The lowest BCUT2D eigenvalue weighted by Gasteiger charge is -2.31. The van der Waals surface area contributed by atoms with Gasteiger partial charge in [-0.05, 0) is 24.5 Å². The number of allylic oxidation sites excluding steroid dienone is 2. The van der Waals surface area contributed by atoms with Crippen LogP contribution in [-0.4, -0.2) is 11.7 Å². The standard InChI is InChI=1S/C15H14FNO2/c16-11-5-2-1-4-9(11)10-8-14(19)17-12-6-3-7-13(18)15(10)12/h1-2,4-5,10H,3,6-8H2,(H,17,19)/t10-/m1/s1. The van der Waals surface area contributed by atoms with Gasteiger partial charge < -0.3 is 5.32 Å². The molecule has 1 aromatic carbocycles. The Kier molecular flexibility index (Phi) is 2.93. The van der Waals surface area contributed by atoms with E-state index in [1.54, 1.807) is 18.2 Å². The molecule has 2 aliphatic rings. The van der Waals surface area contributed by atoms with Gasteiger partial charge in [0.1, 0.15) is 5.82 Å². The van der Waals surface area contributed by atoms with Crippen LogP contribution in [0.4, 0.5) is 4.39 Å². The quantitative estimate of drug-likeness (QED) is 0.842. The smallest absolute Gasteiger partial charge is 0.225 e. The van der Waals surface area contributed by atoms with E-state index in [1.807, 2.05) is 0 Å². The first-order chi connectivity index (χ1) is 9.16. The number of Topliss-reactive ketones (excluding diaryl/α,β-unsaturated/α-hetero) is 1. The zero-order chi connectivity index (χ0) is 13.4. The molecule has 98 valence electrons. The van der Waals surface area contributed by atoms with Gasteiger partial charge in [0, 0.05) is 30.0 Å². The minimum absolute atomic E-state index is 0.0366. The number of benzene rings is 1. The van der Waals surface area contributed by atoms with E-state index >= 15 is 0 Å². The molecule has 0 saturated heterocycles. The topological polar surface area (TPSA) is 46.2 Å². The first-order valence-electron chi connectivity index (χ1n) is 6.47. The van der Waals surface area contributed by atoms with Crippen molar-refractivity contribution < 1.29 is 14.0 Å². The van der Waals surface area contributed by atoms with Crippen LogP contribution in [0.5, 0.6) is 0 Å². The molecule has 0 saturated carbocycles. The normalized spacial score (nSPS) is 23.1. The summed E-state index contributed by atoms with van der Waals surface area (Å²) in [5.74, 6) is -0.888. The third-order valence-electron chi connectivity index (χ3n) is 3.77. The van der Waals surface area contributed by atoms with Crippen LogP contribution in [0, 0.1) is 5.82 Å². The summed E-state index contributed by atoms with van der Waals surface area (Å²) >= 11 is 0. The van der Waals surface area contributed by atoms with Gasteiger partial charge >= 0.3 is 0 Å². The number of rotatable bonds is 1. The van der Waals surface area contributed by atoms with Gasteiger partial charge in [-0.15, -0.1) is 0 Å². The summed E-state index contributed by atoms with van der Waals surface area (Å²) in [5.41, 5.74) is 1.75. The third kappa shape index (κ3) is 2.07. The second-order valence-corrected chi connectivity index (χ2v) is 5.00. The van der Waals surface area contributed by atoms with Crippen molar-refractivity contribution in [1.29, 1.82) is 0 Å². The third-order valence-corrected chi connectivity index (χ3v) is 3.77. The molecule has 1 heterocycles. The van der Waals surface area contributed by atoms with Crippen molar-refractivity contribution in [2.45, 2.75) is 31.6 Å². The fourth-order valence-electron chi connectivity index (χ4n) is 2.93. The van der Waals surface area contributed by atoms with E-state index in [4.69, 9.17) is 0 Å². The molecule has 0 unspecified atom stereocenters. The maximum atomic E-state index is 13.9. The molecule has 0 fully saturated rings. The summed E-state index contributed by atoms with van der Waals surface area (Å²) in [7, 11) is 0. The Balaban J connectivity index is 2.11. The van der Waals surface area contributed by atoms with Crippen LogP contribution < -0.4 is 5.32 Å². The SMILES string of the molecule is O=C1C[C@H](c2ccccc2F)C2=C(CCCC2=O)N1. The summed E-state index contributed by atoms with van der Waals surface area (Å²) in [5, 5.41) is 2.77. The molecular formula is C15H14FNO2. The second kappa shape index (κ2) is 4.61. The largest absolute Gasteiger partial charge is 0.329 e. The number of carbonyl (C=O) groups excluding carboxylic acids is 2. The van der Waals surface area contributed by atoms with Crippen LogP contribution in [0.15, 0.2) is 35.5 Å². The predicted octanol–water partition coefficient (Wildman–Crippen LogP) is 2.44. The van der Waals surface area contributed by atoms with Gasteiger partial charge in [0.25, 0.3) is 0 Å². The fraction of sp³-hybridized carbons (Fsp3) is 0.333. The van der Waals surface area contributed by atoms with Crippen LogP contribution in [0.25, 0.3) is 0 Å². The monoisotopic (exact) mass is 259 g/mol. The van der Waals surface area contributed by atoms with Gasteiger partial charge in [-0.25, -0.2) is 4.39 Å². The maximum Gasteiger partial charge on any atom is 0.225 e. The summed E-state index contributed by atoms with van der Waals surface area (Å²) in [6.07, 6.45) is 2.07. The Morgan fingerprint density at radius 1 is 1.16 bits per heavy atom. The van der Waals surface area contributed by atoms with E-state index < -0.39 is 5.92 Å². The van der Waals surface area contributed by atoms with E-state index in [0.717, 1.165) is 6.42 Å². The van der Waals surface area contributed by atoms with Crippen molar-refractivity contribution in [1.82, 2.24) is 5.32 Å². The van der Waals surface area contributed by atoms with Gasteiger partial charge in [0.2, 0.25) is 5.91 Å². The summed E-state index contributed by atoms with van der Waals surface area (Å²) in [4.78, 5) is 23.8. The van der Waals surface area contributed by atoms with Crippen molar-refractivity contribution in [3.05, 3.63) is 46.9 Å². The molecule has 1 aliphatic heterocycles. The van der Waals surface area contributed by atoms with Crippen LogP contribution in [0.2, 0.25) is 0 Å². The first-order valence-corrected chi connectivity index (χ1v) is 6.47. The lowest BCUT2D eigenvalue weighted by molar-refractivity contribution is -0.122. The molecule has 0 aromatic heterocycles. The number of carbonyl (C=O) groups is 2. The highest BCUT2D eigenvalue weighted by Crippen LogP contribution is 2.38. The average Bonchev–Trinajstić information content (AvgIpc) is 2.38. The molecule has 1 N–H and O–H groups in total. The van der Waals surface area contributed by atoms with Crippen LogP contribution in [0.1, 0.15) is 37.2 Å². The molecule has 0 spiro atoms. The van der Waals surface area contributed by atoms with Crippen molar-refractivity contribution >= 4 is 11.7 Å². The Morgan fingerprint density at radius 2 is 1.95 bits per heavy atom. The predicted molar refractivity (Wildman–Crippen MR) is 67.8 cm³/mol. The van der Waals surface area contributed by atoms with Crippen molar-refractivity contribution in [3.63, 3.8) is 0 Å². The van der Waals surface area contributed by atoms with Crippen LogP contribution in [0.3, 0.4) is 0 Å². The second-order valence-electron chi connectivity index (χ2n) is 5.00. The molecule has 4 heteroatoms. The Bertz CT molecular complexity index is 592. The number of hydrogen-bond donors (Lipinski definition) is 1. The van der Waals surface area contributed by atoms with Crippen molar-refractivity contribution in [2.24, 2.45) is 0 Å². The van der Waals surface area contributed by atoms with Crippen LogP contribution in [-0.2, 0) is 9.59 Å². The molecule has 1 amide bonds. The lowest BCUT2D eigenvalue weighted by atomic mass is 9.78. The van der Waals surface area contributed by atoms with E-state index in [2.05, 4.69) is 5.32 Å². The maximum absolute atomic E-state index is 13.9. The first kappa shape index (κ1) is 12.1. The molecule has 0 bridgehead atoms. The van der Waals surface area contributed by atoms with Gasteiger partial charge in [0.15, 0.2) is 5.78 Å². The lowest BCUT2D eigenvalue weighted by Crippen LogP contribution is -2.36. The Labute approximate surface area is 110 Å². The van der Waals surface area contributed by atoms with Crippen molar-refractivity contribution in [3.8, 4) is 0 Å². The van der Waals surface area contributed by atoms with E-state index in [1.165, 1.54) is 6.07 Å². The molecule has 1 aromatic rings. The van der Waals surface area contributed by atoms with Crippen LogP contribution >= 0.6 is 0 Å². The molecule has 1 atom stereocenters. The highest BCUT2D eigenvalue weighted by molar-refractivity contribution is 6.01. The van der Waals surface area contributed by atoms with Gasteiger partial charge in [-0.2, -0.15) is 0 Å². The minimum Gasteiger partial charge on any atom is -0.329 e. The Hall–Kier alpha value is -1.97. The molecule has 0 radical (unpaired) electrons. The Morgan fingerprint density at radius 3 is 2.74 bits per heavy atom. The zero-order valence-electron chi connectivity index (χ0n) is 10.4. The zero-order valence-corrected chi connectivity index (χ0v) is 10.4. The van der Waals surface area contributed by atoms with E-state index in [-0.39, 0.29) is 23.9 Å². The number of ketones is 1. The number of hydrogen-bond acceptors (Lipinski definition) is 2. The molecular weight excluding hydrogens is 245 g/mol. The highest BCUT2D eigenvalue weighted by atomic mass is 19.1. The number of halogens is 1. The average molecular weight is 259 g/mol. The van der Waals surface area contributed by atoms with Gasteiger partial charge in [0.05, 0.1) is 0 Å². The molecule has 19 heavy (non-hydrogen) atoms. The highest BCUT2D eigenvalue weighted by Gasteiger charge is 2.35. The fourth-order valence-corrected chi connectivity index (χ4v) is 2.93.